The predicted molar refractivity (Wildman–Crippen MR) is 87.8 cm³/mol. The summed E-state index contributed by atoms with van der Waals surface area (Å²) in [5, 5.41) is 0. The molecule has 2 heteroatoms. The minimum absolute atomic E-state index is 0.650. The zero-order valence-electron chi connectivity index (χ0n) is 13.7. The molecule has 0 amide bonds. The Bertz CT molecular complexity index is 399. The largest absolute Gasteiger partial charge is 0.401 e. The van der Waals surface area contributed by atoms with Gasteiger partial charge in [-0.3, -0.25) is 0 Å². The van der Waals surface area contributed by atoms with Crippen molar-refractivity contribution in [3.63, 3.8) is 0 Å². The Morgan fingerprint density at radius 3 is 1.95 bits per heavy atom. The fraction of sp³-hybridized carbons (Fsp3) is 0.765. The molecule has 1 nitrogen and oxygen atoms in total. The SMILES string of the molecule is CC1=C(C)C(C)C(N(C2CCCCC2)[SiH](C)C)=C1C. The van der Waals surface area contributed by atoms with Crippen LogP contribution in [0.5, 0.6) is 0 Å². The highest BCUT2D eigenvalue weighted by Gasteiger charge is 2.33. The minimum Gasteiger partial charge on any atom is -0.401 e. The molecule has 0 radical (unpaired) electrons. The fourth-order valence-electron chi connectivity index (χ4n) is 4.02. The van der Waals surface area contributed by atoms with Crippen LogP contribution < -0.4 is 0 Å². The first-order valence-corrected chi connectivity index (χ1v) is 10.9. The van der Waals surface area contributed by atoms with Gasteiger partial charge in [-0.05, 0) is 44.8 Å². The summed E-state index contributed by atoms with van der Waals surface area (Å²) < 4.78 is 2.90. The van der Waals surface area contributed by atoms with Crippen LogP contribution in [0.25, 0.3) is 0 Å². The van der Waals surface area contributed by atoms with Crippen LogP contribution in [0.3, 0.4) is 0 Å². The summed E-state index contributed by atoms with van der Waals surface area (Å²) in [6.45, 7) is 14.4. The molecule has 0 heterocycles. The van der Waals surface area contributed by atoms with Gasteiger partial charge in [0.05, 0.1) is 0 Å². The summed E-state index contributed by atoms with van der Waals surface area (Å²) in [5.74, 6) is 0.650. The summed E-state index contributed by atoms with van der Waals surface area (Å²) in [5.41, 5.74) is 6.42. The smallest absolute Gasteiger partial charge is 0.134 e. The first kappa shape index (κ1) is 14.9. The first-order chi connectivity index (χ1) is 8.95. The quantitative estimate of drug-likeness (QED) is 0.666. The van der Waals surface area contributed by atoms with E-state index in [9.17, 15) is 0 Å². The van der Waals surface area contributed by atoms with Gasteiger partial charge < -0.3 is 4.57 Å². The van der Waals surface area contributed by atoms with Crippen LogP contribution in [0.1, 0.15) is 59.8 Å². The standard InChI is InChI=1S/C17H31NSi/c1-12-13(2)15(4)17(14(12)3)18(19(5)6)16-10-8-7-9-11-16/h14,16,19H,7-11H2,1-6H3. The maximum atomic E-state index is 2.90. The molecule has 1 atom stereocenters. The Morgan fingerprint density at radius 1 is 0.947 bits per heavy atom. The molecule has 0 bridgehead atoms. The second-order valence-electron chi connectivity index (χ2n) is 6.83. The number of hydrogen-bond donors (Lipinski definition) is 0. The van der Waals surface area contributed by atoms with Gasteiger partial charge in [-0.25, -0.2) is 0 Å². The van der Waals surface area contributed by atoms with E-state index in [0.717, 1.165) is 6.04 Å². The van der Waals surface area contributed by atoms with Crippen LogP contribution in [0.4, 0.5) is 0 Å². The van der Waals surface area contributed by atoms with Crippen molar-refractivity contribution in [1.29, 1.82) is 0 Å². The molecule has 0 aliphatic heterocycles. The van der Waals surface area contributed by atoms with Crippen molar-refractivity contribution in [2.24, 2.45) is 5.92 Å². The average molecular weight is 278 g/mol. The van der Waals surface area contributed by atoms with Crippen LogP contribution in [-0.4, -0.2) is 19.6 Å². The lowest BCUT2D eigenvalue weighted by Crippen LogP contribution is -2.44. The van der Waals surface area contributed by atoms with Crippen LogP contribution in [0.2, 0.25) is 13.1 Å². The van der Waals surface area contributed by atoms with Gasteiger partial charge in [0.1, 0.15) is 8.96 Å². The van der Waals surface area contributed by atoms with Crippen LogP contribution in [-0.2, 0) is 0 Å². The van der Waals surface area contributed by atoms with E-state index >= 15 is 0 Å². The highest BCUT2D eigenvalue weighted by atomic mass is 28.3. The lowest BCUT2D eigenvalue weighted by atomic mass is 9.94. The van der Waals surface area contributed by atoms with Crippen molar-refractivity contribution in [2.75, 3.05) is 0 Å². The third kappa shape index (κ3) is 2.69. The Labute approximate surface area is 121 Å². The van der Waals surface area contributed by atoms with Crippen LogP contribution in [0.15, 0.2) is 22.4 Å². The lowest BCUT2D eigenvalue weighted by Gasteiger charge is -2.42. The molecule has 0 aromatic rings. The number of rotatable bonds is 3. The van der Waals surface area contributed by atoms with Crippen molar-refractivity contribution in [3.8, 4) is 0 Å². The topological polar surface area (TPSA) is 3.24 Å². The van der Waals surface area contributed by atoms with Gasteiger partial charge in [-0.15, -0.1) is 0 Å². The third-order valence-electron chi connectivity index (χ3n) is 5.40. The molecule has 1 unspecified atom stereocenters. The third-order valence-corrected chi connectivity index (χ3v) is 7.21. The zero-order valence-corrected chi connectivity index (χ0v) is 14.9. The van der Waals surface area contributed by atoms with Crippen LogP contribution >= 0.6 is 0 Å². The number of hydrogen-bond acceptors (Lipinski definition) is 1. The van der Waals surface area contributed by atoms with Gasteiger partial charge in [0, 0.05) is 17.7 Å². The van der Waals surface area contributed by atoms with E-state index in [2.05, 4.69) is 45.4 Å². The molecule has 108 valence electrons. The van der Waals surface area contributed by atoms with Crippen LogP contribution in [0, 0.1) is 5.92 Å². The highest BCUT2D eigenvalue weighted by molar-refractivity contribution is 6.53. The number of nitrogens with zero attached hydrogens (tertiary/aromatic N) is 1. The Morgan fingerprint density at radius 2 is 1.53 bits per heavy atom. The molecule has 1 saturated carbocycles. The molecule has 0 aromatic carbocycles. The molecule has 0 spiro atoms. The van der Waals surface area contributed by atoms with Gasteiger partial charge in [0.2, 0.25) is 0 Å². The Balaban J connectivity index is 2.30. The fourth-order valence-corrected chi connectivity index (χ4v) is 6.13. The molecule has 2 aliphatic rings. The van der Waals surface area contributed by atoms with Crippen molar-refractivity contribution in [1.82, 2.24) is 4.57 Å². The molecule has 0 saturated heterocycles. The molecule has 2 aliphatic carbocycles. The number of allylic oxidation sites excluding steroid dienone is 3. The monoisotopic (exact) mass is 277 g/mol. The minimum atomic E-state index is -0.795. The first-order valence-electron chi connectivity index (χ1n) is 8.12. The second-order valence-corrected chi connectivity index (χ2v) is 9.58. The van der Waals surface area contributed by atoms with Gasteiger partial charge in [-0.2, -0.15) is 0 Å². The summed E-state index contributed by atoms with van der Waals surface area (Å²) >= 11 is 0. The maximum Gasteiger partial charge on any atom is 0.134 e. The van der Waals surface area contributed by atoms with Crippen molar-refractivity contribution in [2.45, 2.75) is 78.9 Å². The van der Waals surface area contributed by atoms with Crippen molar-refractivity contribution < 1.29 is 0 Å². The van der Waals surface area contributed by atoms with E-state index in [4.69, 9.17) is 0 Å². The Hall–Kier alpha value is -0.503. The summed E-state index contributed by atoms with van der Waals surface area (Å²) in [6.07, 6.45) is 7.18. The van der Waals surface area contributed by atoms with Crippen molar-refractivity contribution in [3.05, 3.63) is 22.4 Å². The van der Waals surface area contributed by atoms with E-state index in [0.29, 0.717) is 5.92 Å². The molecule has 19 heavy (non-hydrogen) atoms. The van der Waals surface area contributed by atoms with E-state index in [1.165, 1.54) is 32.1 Å². The molecule has 1 fully saturated rings. The van der Waals surface area contributed by atoms with Gasteiger partial charge in [0.15, 0.2) is 0 Å². The molecule has 2 rings (SSSR count). The molecular formula is C17H31NSi. The molecule has 0 N–H and O–H groups in total. The maximum absolute atomic E-state index is 2.90. The van der Waals surface area contributed by atoms with E-state index in [1.54, 1.807) is 22.4 Å². The van der Waals surface area contributed by atoms with Gasteiger partial charge >= 0.3 is 0 Å². The average Bonchev–Trinajstić information content (AvgIpc) is 2.58. The zero-order chi connectivity index (χ0) is 14.2. The van der Waals surface area contributed by atoms with Gasteiger partial charge in [-0.1, -0.05) is 44.9 Å². The van der Waals surface area contributed by atoms with E-state index in [-0.39, 0.29) is 0 Å². The predicted octanol–water partition coefficient (Wildman–Crippen LogP) is 4.86. The van der Waals surface area contributed by atoms with E-state index < -0.39 is 8.96 Å². The van der Waals surface area contributed by atoms with Crippen molar-refractivity contribution >= 4 is 8.96 Å². The normalized spacial score (nSPS) is 25.7. The van der Waals surface area contributed by atoms with Gasteiger partial charge in [0.25, 0.3) is 0 Å². The molecule has 0 aromatic heterocycles. The Kier molecular flexibility index (Phi) is 4.60. The molecular weight excluding hydrogens is 246 g/mol. The summed E-state index contributed by atoms with van der Waals surface area (Å²) in [4.78, 5) is 0. The summed E-state index contributed by atoms with van der Waals surface area (Å²) in [7, 11) is -0.795. The highest BCUT2D eigenvalue weighted by Crippen LogP contribution is 2.41. The summed E-state index contributed by atoms with van der Waals surface area (Å²) in [6, 6.07) is 0.839. The van der Waals surface area contributed by atoms with E-state index in [1.807, 2.05) is 0 Å². The second kappa shape index (κ2) is 5.86. The lowest BCUT2D eigenvalue weighted by molar-refractivity contribution is 0.279.